The molecule has 100 valence electrons. The summed E-state index contributed by atoms with van der Waals surface area (Å²) in [6.07, 6.45) is 0. The molecule has 4 rings (SSSR count). The van der Waals surface area contributed by atoms with Crippen molar-refractivity contribution in [1.82, 2.24) is 0 Å². The Labute approximate surface area is 128 Å². The Bertz CT molecular complexity index is 900. The molecule has 0 aromatic heterocycles. The Morgan fingerprint density at radius 1 is 0.571 bits per heavy atom. The molecule has 0 N–H and O–H groups in total. The van der Waals surface area contributed by atoms with Crippen LogP contribution in [0.1, 0.15) is 0 Å². The first-order chi connectivity index (χ1) is 10.3. The molecule has 0 heterocycles. The Hall–Kier alpha value is -2.31. The third-order valence-electron chi connectivity index (χ3n) is 3.91. The molecule has 4 aromatic rings. The molecule has 4 aromatic carbocycles. The van der Waals surface area contributed by atoms with Crippen LogP contribution in [0.5, 0.6) is 0 Å². The summed E-state index contributed by atoms with van der Waals surface area (Å²) in [5, 5.41) is 5.75. The van der Waals surface area contributed by atoms with E-state index in [1.807, 2.05) is 18.2 Å². The van der Waals surface area contributed by atoms with Gasteiger partial charge in [0.25, 0.3) is 0 Å². The summed E-state index contributed by atoms with van der Waals surface area (Å²) in [6.45, 7) is 0. The molecular formula is C20H13Cl. The molecule has 0 radical (unpaired) electrons. The zero-order chi connectivity index (χ0) is 14.2. The predicted octanol–water partition coefficient (Wildman–Crippen LogP) is 6.31. The van der Waals surface area contributed by atoms with Crippen LogP contribution in [-0.2, 0) is 0 Å². The number of rotatable bonds is 1. The number of hydrogen-bond acceptors (Lipinski definition) is 0. The minimum Gasteiger partial charge on any atom is -0.0837 e. The van der Waals surface area contributed by atoms with E-state index >= 15 is 0 Å². The van der Waals surface area contributed by atoms with Gasteiger partial charge in [-0.3, -0.25) is 0 Å². The lowest BCUT2D eigenvalue weighted by Crippen LogP contribution is -1.86. The molecule has 0 aliphatic rings. The average molecular weight is 289 g/mol. The summed E-state index contributed by atoms with van der Waals surface area (Å²) < 4.78 is 0. The van der Waals surface area contributed by atoms with Crippen molar-refractivity contribution in [2.75, 3.05) is 0 Å². The number of hydrogen-bond donors (Lipinski definition) is 0. The molecule has 0 fully saturated rings. The van der Waals surface area contributed by atoms with Gasteiger partial charge in [0.05, 0.1) is 0 Å². The van der Waals surface area contributed by atoms with E-state index in [9.17, 15) is 0 Å². The van der Waals surface area contributed by atoms with Crippen molar-refractivity contribution in [2.45, 2.75) is 0 Å². The molecule has 0 aliphatic carbocycles. The second kappa shape index (κ2) is 4.91. The van der Waals surface area contributed by atoms with Crippen LogP contribution in [0.15, 0.2) is 78.9 Å². The second-order valence-electron chi connectivity index (χ2n) is 5.17. The maximum atomic E-state index is 6.46. The highest BCUT2D eigenvalue weighted by Crippen LogP contribution is 2.39. The molecule has 0 bridgehead atoms. The number of benzene rings is 4. The van der Waals surface area contributed by atoms with E-state index in [0.29, 0.717) is 0 Å². The molecule has 21 heavy (non-hydrogen) atoms. The molecule has 0 saturated carbocycles. The van der Waals surface area contributed by atoms with Crippen LogP contribution >= 0.6 is 11.6 Å². The zero-order valence-corrected chi connectivity index (χ0v) is 12.1. The fourth-order valence-corrected chi connectivity index (χ4v) is 3.20. The maximum absolute atomic E-state index is 6.46. The zero-order valence-electron chi connectivity index (χ0n) is 11.4. The molecule has 0 unspecified atom stereocenters. The van der Waals surface area contributed by atoms with Crippen molar-refractivity contribution < 1.29 is 0 Å². The van der Waals surface area contributed by atoms with Gasteiger partial charge in [0.1, 0.15) is 0 Å². The minimum absolute atomic E-state index is 0.791. The second-order valence-corrected chi connectivity index (χ2v) is 5.58. The minimum atomic E-state index is 0.791. The fourth-order valence-electron chi connectivity index (χ4n) is 2.97. The van der Waals surface area contributed by atoms with Crippen LogP contribution in [0.2, 0.25) is 5.02 Å². The monoisotopic (exact) mass is 288 g/mol. The van der Waals surface area contributed by atoms with Crippen molar-refractivity contribution in [3.05, 3.63) is 83.9 Å². The Balaban J connectivity index is 2.25. The normalized spacial score (nSPS) is 11.1. The van der Waals surface area contributed by atoms with Crippen LogP contribution in [-0.4, -0.2) is 0 Å². The molecule has 1 heteroatoms. The summed E-state index contributed by atoms with van der Waals surface area (Å²) in [6, 6.07) is 27.3. The van der Waals surface area contributed by atoms with E-state index in [-0.39, 0.29) is 0 Å². The molecule has 0 amide bonds. The van der Waals surface area contributed by atoms with Gasteiger partial charge in [0.2, 0.25) is 0 Å². The highest BCUT2D eigenvalue weighted by Gasteiger charge is 2.11. The number of fused-ring (bicyclic) bond motifs is 2. The Morgan fingerprint density at radius 2 is 1.10 bits per heavy atom. The number of halogens is 1. The van der Waals surface area contributed by atoms with Crippen molar-refractivity contribution in [3.63, 3.8) is 0 Å². The van der Waals surface area contributed by atoms with Crippen LogP contribution < -0.4 is 0 Å². The summed E-state index contributed by atoms with van der Waals surface area (Å²) in [7, 11) is 0. The van der Waals surface area contributed by atoms with Crippen molar-refractivity contribution in [2.24, 2.45) is 0 Å². The van der Waals surface area contributed by atoms with E-state index in [0.717, 1.165) is 10.6 Å². The van der Waals surface area contributed by atoms with Gasteiger partial charge >= 0.3 is 0 Å². The van der Waals surface area contributed by atoms with E-state index in [2.05, 4.69) is 60.7 Å². The average Bonchev–Trinajstić information content (AvgIpc) is 2.53. The highest BCUT2D eigenvalue weighted by molar-refractivity contribution is 6.34. The van der Waals surface area contributed by atoms with Gasteiger partial charge in [-0.05, 0) is 39.2 Å². The topological polar surface area (TPSA) is 0 Å². The fraction of sp³-hybridized carbons (Fsp3) is 0. The van der Waals surface area contributed by atoms with Crippen LogP contribution in [0, 0.1) is 0 Å². The standard InChI is InChI=1S/C20H13Cl/c21-19-12-6-5-11-18(19)20-16-9-3-1-7-14(16)13-15-8-2-4-10-17(15)20/h1-13H. The largest absolute Gasteiger partial charge is 0.0837 e. The smallest absolute Gasteiger partial charge is 0.0484 e. The van der Waals surface area contributed by atoms with Crippen LogP contribution in [0.25, 0.3) is 32.7 Å². The van der Waals surface area contributed by atoms with E-state index in [1.54, 1.807) is 0 Å². The van der Waals surface area contributed by atoms with E-state index in [1.165, 1.54) is 27.1 Å². The van der Waals surface area contributed by atoms with E-state index < -0.39 is 0 Å². The quantitative estimate of drug-likeness (QED) is 0.360. The maximum Gasteiger partial charge on any atom is 0.0484 e. The van der Waals surface area contributed by atoms with Gasteiger partial charge in [0, 0.05) is 10.6 Å². The Kier molecular flexibility index (Phi) is 2.90. The highest BCUT2D eigenvalue weighted by atomic mass is 35.5. The lowest BCUT2D eigenvalue weighted by Gasteiger charge is -2.13. The van der Waals surface area contributed by atoms with Crippen molar-refractivity contribution in [3.8, 4) is 11.1 Å². The summed E-state index contributed by atoms with van der Waals surface area (Å²) >= 11 is 6.46. The van der Waals surface area contributed by atoms with Crippen LogP contribution in [0.3, 0.4) is 0 Å². The summed E-state index contributed by atoms with van der Waals surface area (Å²) in [5.74, 6) is 0. The SMILES string of the molecule is Clc1ccccc1-c1c2ccccc2cc2ccccc12. The van der Waals surface area contributed by atoms with Gasteiger partial charge in [-0.1, -0.05) is 78.3 Å². The first kappa shape index (κ1) is 12.4. The molecular weight excluding hydrogens is 276 g/mol. The lowest BCUT2D eigenvalue weighted by atomic mass is 9.92. The summed E-state index contributed by atoms with van der Waals surface area (Å²) in [5.41, 5.74) is 2.31. The lowest BCUT2D eigenvalue weighted by molar-refractivity contribution is 1.67. The van der Waals surface area contributed by atoms with E-state index in [4.69, 9.17) is 11.6 Å². The molecule has 0 saturated heterocycles. The first-order valence-electron chi connectivity index (χ1n) is 7.00. The van der Waals surface area contributed by atoms with Gasteiger partial charge in [-0.2, -0.15) is 0 Å². The Morgan fingerprint density at radius 3 is 1.71 bits per heavy atom. The third-order valence-corrected chi connectivity index (χ3v) is 4.24. The predicted molar refractivity (Wildman–Crippen MR) is 91.9 cm³/mol. The van der Waals surface area contributed by atoms with Gasteiger partial charge in [0.15, 0.2) is 0 Å². The van der Waals surface area contributed by atoms with Gasteiger partial charge < -0.3 is 0 Å². The molecule has 0 atom stereocenters. The van der Waals surface area contributed by atoms with Gasteiger partial charge in [-0.15, -0.1) is 0 Å². The van der Waals surface area contributed by atoms with Gasteiger partial charge in [-0.25, -0.2) is 0 Å². The van der Waals surface area contributed by atoms with Crippen LogP contribution in [0.4, 0.5) is 0 Å². The summed E-state index contributed by atoms with van der Waals surface area (Å²) in [4.78, 5) is 0. The molecule has 0 aliphatic heterocycles. The third kappa shape index (κ3) is 2.00. The molecule has 0 nitrogen and oxygen atoms in total. The first-order valence-corrected chi connectivity index (χ1v) is 7.38. The van der Waals surface area contributed by atoms with Crippen molar-refractivity contribution in [1.29, 1.82) is 0 Å². The van der Waals surface area contributed by atoms with Crippen molar-refractivity contribution >= 4 is 33.1 Å². The molecule has 0 spiro atoms.